The Balaban J connectivity index is 2.43. The van der Waals surface area contributed by atoms with Crippen molar-refractivity contribution in [3.8, 4) is 0 Å². The molecular weight excluding hydrogens is 280 g/mol. The van der Waals surface area contributed by atoms with Gasteiger partial charge in [-0.15, -0.1) is 0 Å². The first kappa shape index (κ1) is 16.4. The number of sulfonamides is 1. The molecule has 0 aliphatic heterocycles. The van der Waals surface area contributed by atoms with Crippen LogP contribution in [0.1, 0.15) is 23.7 Å². The zero-order chi connectivity index (χ0) is 15.0. The lowest BCUT2D eigenvalue weighted by Gasteiger charge is -2.09. The summed E-state index contributed by atoms with van der Waals surface area (Å²) in [6, 6.07) is 3.38. The number of pyridine rings is 1. The molecule has 0 unspecified atom stereocenters. The van der Waals surface area contributed by atoms with Crippen LogP contribution in [-0.2, 0) is 10.0 Å². The summed E-state index contributed by atoms with van der Waals surface area (Å²) in [4.78, 5) is 16.1. The predicted octanol–water partition coefficient (Wildman–Crippen LogP) is 0.183. The zero-order valence-electron chi connectivity index (χ0n) is 11.6. The number of carbonyl (C=O) groups excluding carboxylic acids is 1. The first-order valence-corrected chi connectivity index (χ1v) is 8.25. The largest absolute Gasteiger partial charge is 0.370 e. The molecule has 0 saturated heterocycles. The average molecular weight is 300 g/mol. The minimum atomic E-state index is -3.17. The monoisotopic (exact) mass is 300 g/mol. The number of nitrogens with zero attached hydrogens (tertiary/aromatic N) is 1. The molecule has 1 rings (SSSR count). The molecule has 0 spiro atoms. The highest BCUT2D eigenvalue weighted by molar-refractivity contribution is 7.88. The molecule has 0 aliphatic rings. The molecule has 7 nitrogen and oxygen atoms in total. The molecule has 8 heteroatoms. The third-order valence-electron chi connectivity index (χ3n) is 2.40. The lowest BCUT2D eigenvalue weighted by Crippen LogP contribution is -2.29. The molecule has 3 N–H and O–H groups in total. The van der Waals surface area contributed by atoms with Crippen LogP contribution in [0.3, 0.4) is 0 Å². The van der Waals surface area contributed by atoms with Gasteiger partial charge in [0.2, 0.25) is 10.0 Å². The Kier molecular flexibility index (Phi) is 6.40. The molecule has 0 aliphatic carbocycles. The van der Waals surface area contributed by atoms with Gasteiger partial charge in [-0.05, 0) is 25.5 Å². The molecule has 0 radical (unpaired) electrons. The summed E-state index contributed by atoms with van der Waals surface area (Å²) in [7, 11) is -3.17. The Labute approximate surface area is 119 Å². The zero-order valence-corrected chi connectivity index (χ0v) is 12.5. The van der Waals surface area contributed by atoms with Crippen LogP contribution >= 0.6 is 0 Å². The van der Waals surface area contributed by atoms with Gasteiger partial charge >= 0.3 is 0 Å². The highest BCUT2D eigenvalue weighted by atomic mass is 32.2. The summed E-state index contributed by atoms with van der Waals surface area (Å²) < 4.78 is 24.1. The lowest BCUT2D eigenvalue weighted by atomic mass is 10.2. The van der Waals surface area contributed by atoms with E-state index in [9.17, 15) is 13.2 Å². The van der Waals surface area contributed by atoms with Crippen LogP contribution in [0.4, 0.5) is 5.82 Å². The minimum absolute atomic E-state index is 0.228. The van der Waals surface area contributed by atoms with Crippen LogP contribution < -0.4 is 15.4 Å². The number of carbonyl (C=O) groups is 1. The van der Waals surface area contributed by atoms with Crippen LogP contribution in [-0.4, -0.2) is 45.2 Å². The third-order valence-corrected chi connectivity index (χ3v) is 3.13. The second-order valence-corrected chi connectivity index (χ2v) is 6.04. The average Bonchev–Trinajstić information content (AvgIpc) is 2.38. The minimum Gasteiger partial charge on any atom is -0.370 e. The van der Waals surface area contributed by atoms with Gasteiger partial charge in [0.15, 0.2) is 0 Å². The molecule has 112 valence electrons. The molecular formula is C12H20N4O3S. The third kappa shape index (κ3) is 5.98. The van der Waals surface area contributed by atoms with Crippen molar-refractivity contribution in [2.75, 3.05) is 31.2 Å². The molecule has 0 fully saturated rings. The lowest BCUT2D eigenvalue weighted by molar-refractivity contribution is 0.0954. The number of nitrogens with one attached hydrogen (secondary N) is 3. The number of rotatable bonds is 8. The highest BCUT2D eigenvalue weighted by Crippen LogP contribution is 2.10. The molecule has 20 heavy (non-hydrogen) atoms. The summed E-state index contributed by atoms with van der Waals surface area (Å²) in [5, 5.41) is 5.75. The van der Waals surface area contributed by atoms with E-state index < -0.39 is 10.0 Å². The van der Waals surface area contributed by atoms with Crippen LogP contribution in [0.2, 0.25) is 0 Å². The van der Waals surface area contributed by atoms with Crippen molar-refractivity contribution < 1.29 is 13.2 Å². The number of hydrogen-bond acceptors (Lipinski definition) is 5. The normalized spacial score (nSPS) is 11.1. The van der Waals surface area contributed by atoms with Gasteiger partial charge < -0.3 is 10.6 Å². The Bertz CT molecular complexity index is 545. The maximum atomic E-state index is 12.0. The number of hydrogen-bond donors (Lipinski definition) is 3. The Morgan fingerprint density at radius 3 is 2.75 bits per heavy atom. The molecule has 0 saturated carbocycles. The van der Waals surface area contributed by atoms with E-state index in [1.165, 1.54) is 0 Å². The van der Waals surface area contributed by atoms with Crippen molar-refractivity contribution in [3.05, 3.63) is 23.9 Å². The van der Waals surface area contributed by atoms with Crippen molar-refractivity contribution in [3.63, 3.8) is 0 Å². The van der Waals surface area contributed by atoms with E-state index in [0.29, 0.717) is 37.4 Å². The second kappa shape index (κ2) is 7.81. The van der Waals surface area contributed by atoms with Gasteiger partial charge in [-0.1, -0.05) is 0 Å². The predicted molar refractivity (Wildman–Crippen MR) is 78.2 cm³/mol. The van der Waals surface area contributed by atoms with Crippen molar-refractivity contribution in [1.82, 2.24) is 15.0 Å². The molecule has 0 aromatic carbocycles. The van der Waals surface area contributed by atoms with E-state index in [4.69, 9.17) is 0 Å². The Hall–Kier alpha value is -1.67. The van der Waals surface area contributed by atoms with Crippen LogP contribution in [0.5, 0.6) is 0 Å². The van der Waals surface area contributed by atoms with E-state index >= 15 is 0 Å². The standard InChI is InChI=1S/C12H20N4O3S/c1-3-13-11-10(6-4-7-14-11)12(17)15-8-5-9-16-20(2,18)19/h4,6-7,16H,3,5,8-9H2,1-2H3,(H,13,14)(H,15,17). The van der Waals surface area contributed by atoms with Crippen molar-refractivity contribution in [1.29, 1.82) is 0 Å². The maximum absolute atomic E-state index is 12.0. The van der Waals surface area contributed by atoms with Gasteiger partial charge in [-0.3, -0.25) is 4.79 Å². The number of amides is 1. The fourth-order valence-corrected chi connectivity index (χ4v) is 2.06. The fourth-order valence-electron chi connectivity index (χ4n) is 1.54. The van der Waals surface area contributed by atoms with Crippen LogP contribution in [0.15, 0.2) is 18.3 Å². The van der Waals surface area contributed by atoms with Crippen molar-refractivity contribution in [2.45, 2.75) is 13.3 Å². The molecule has 1 heterocycles. The van der Waals surface area contributed by atoms with Crippen LogP contribution in [0, 0.1) is 0 Å². The topological polar surface area (TPSA) is 100 Å². The highest BCUT2D eigenvalue weighted by Gasteiger charge is 2.10. The molecule has 0 atom stereocenters. The van der Waals surface area contributed by atoms with E-state index in [1.54, 1.807) is 18.3 Å². The first-order valence-electron chi connectivity index (χ1n) is 6.35. The summed E-state index contributed by atoms with van der Waals surface area (Å²) in [5.41, 5.74) is 0.477. The summed E-state index contributed by atoms with van der Waals surface area (Å²) in [6.45, 7) is 3.29. The summed E-state index contributed by atoms with van der Waals surface area (Å²) in [6.07, 6.45) is 3.24. The van der Waals surface area contributed by atoms with Gasteiger partial charge in [-0.2, -0.15) is 0 Å². The Morgan fingerprint density at radius 1 is 1.35 bits per heavy atom. The van der Waals surface area contributed by atoms with Gasteiger partial charge in [-0.25, -0.2) is 18.1 Å². The SMILES string of the molecule is CCNc1ncccc1C(=O)NCCCNS(C)(=O)=O. The Morgan fingerprint density at radius 2 is 2.10 bits per heavy atom. The van der Waals surface area contributed by atoms with Gasteiger partial charge in [0.05, 0.1) is 11.8 Å². The number of aromatic nitrogens is 1. The maximum Gasteiger partial charge on any atom is 0.255 e. The molecule has 1 aromatic rings. The number of anilines is 1. The van der Waals surface area contributed by atoms with Gasteiger partial charge in [0.25, 0.3) is 5.91 Å². The summed E-state index contributed by atoms with van der Waals surface area (Å²) in [5.74, 6) is 0.315. The van der Waals surface area contributed by atoms with E-state index in [2.05, 4.69) is 20.3 Å². The smallest absolute Gasteiger partial charge is 0.255 e. The van der Waals surface area contributed by atoms with Crippen LogP contribution in [0.25, 0.3) is 0 Å². The quantitative estimate of drug-likeness (QED) is 0.595. The van der Waals surface area contributed by atoms with Gasteiger partial charge in [0.1, 0.15) is 5.82 Å². The van der Waals surface area contributed by atoms with Gasteiger partial charge in [0, 0.05) is 25.8 Å². The van der Waals surface area contributed by atoms with Crippen molar-refractivity contribution >= 4 is 21.7 Å². The van der Waals surface area contributed by atoms with E-state index in [1.807, 2.05) is 6.92 Å². The molecule has 0 bridgehead atoms. The second-order valence-electron chi connectivity index (χ2n) is 4.21. The van der Waals surface area contributed by atoms with E-state index in [-0.39, 0.29) is 5.91 Å². The summed E-state index contributed by atoms with van der Waals surface area (Å²) >= 11 is 0. The first-order chi connectivity index (χ1) is 9.44. The fraction of sp³-hybridized carbons (Fsp3) is 0.500. The van der Waals surface area contributed by atoms with Crippen molar-refractivity contribution in [2.24, 2.45) is 0 Å². The van der Waals surface area contributed by atoms with E-state index in [0.717, 1.165) is 6.26 Å². The molecule has 1 amide bonds. The molecule has 1 aromatic heterocycles.